The molecule has 60 valence electrons. The van der Waals surface area contributed by atoms with Crippen molar-refractivity contribution < 1.29 is 5.11 Å². The number of aliphatic hydroxyl groups is 1. The van der Waals surface area contributed by atoms with Gasteiger partial charge in [0.15, 0.2) is 0 Å². The number of rotatable bonds is 5. The largest absolute Gasteiger partial charge is 0.392 e. The van der Waals surface area contributed by atoms with Crippen LogP contribution in [0.2, 0.25) is 0 Å². The SMILES string of the molecule is CCCC[C@@H](C)/C=C/CO. The molecule has 0 aliphatic carbocycles. The molecule has 0 aromatic carbocycles. The fourth-order valence-electron chi connectivity index (χ4n) is 0.915. The molecule has 0 saturated carbocycles. The van der Waals surface area contributed by atoms with Crippen LogP contribution < -0.4 is 0 Å². The van der Waals surface area contributed by atoms with Gasteiger partial charge < -0.3 is 5.11 Å². The minimum atomic E-state index is 0.177. The van der Waals surface area contributed by atoms with E-state index in [1.165, 1.54) is 19.3 Å². The van der Waals surface area contributed by atoms with Crippen molar-refractivity contribution in [2.75, 3.05) is 6.61 Å². The van der Waals surface area contributed by atoms with E-state index in [1.807, 2.05) is 6.08 Å². The van der Waals surface area contributed by atoms with Crippen LogP contribution >= 0.6 is 0 Å². The average Bonchev–Trinajstić information content (AvgIpc) is 1.97. The zero-order valence-corrected chi connectivity index (χ0v) is 7.01. The Morgan fingerprint density at radius 2 is 2.20 bits per heavy atom. The first-order valence-corrected chi connectivity index (χ1v) is 4.08. The molecule has 10 heavy (non-hydrogen) atoms. The summed E-state index contributed by atoms with van der Waals surface area (Å²) in [6.45, 7) is 4.56. The van der Waals surface area contributed by atoms with Gasteiger partial charge in [0.05, 0.1) is 6.61 Å². The van der Waals surface area contributed by atoms with Gasteiger partial charge in [0.25, 0.3) is 0 Å². The van der Waals surface area contributed by atoms with E-state index in [0.717, 1.165) is 0 Å². The Bertz CT molecular complexity index is 86.7. The molecule has 0 fully saturated rings. The Morgan fingerprint density at radius 1 is 1.50 bits per heavy atom. The summed E-state index contributed by atoms with van der Waals surface area (Å²) in [4.78, 5) is 0. The van der Waals surface area contributed by atoms with E-state index in [0.29, 0.717) is 5.92 Å². The molecule has 0 heterocycles. The van der Waals surface area contributed by atoms with Crippen molar-refractivity contribution in [3.8, 4) is 0 Å². The standard InChI is InChI=1S/C9H18O/c1-3-4-6-9(2)7-5-8-10/h5,7,9-10H,3-4,6,8H2,1-2H3/b7-5+/t9-/m1/s1. The summed E-state index contributed by atoms with van der Waals surface area (Å²) < 4.78 is 0. The van der Waals surface area contributed by atoms with Crippen molar-refractivity contribution in [2.24, 2.45) is 5.92 Å². The third-order valence-corrected chi connectivity index (χ3v) is 1.58. The molecule has 1 N–H and O–H groups in total. The molecule has 0 bridgehead atoms. The predicted octanol–water partition coefficient (Wildman–Crippen LogP) is 2.36. The quantitative estimate of drug-likeness (QED) is 0.584. The number of aliphatic hydroxyl groups excluding tert-OH is 1. The van der Waals surface area contributed by atoms with Gasteiger partial charge in [-0.1, -0.05) is 38.8 Å². The lowest BCUT2D eigenvalue weighted by atomic mass is 10.0. The molecule has 1 atom stereocenters. The lowest BCUT2D eigenvalue weighted by Gasteiger charge is -2.02. The number of unbranched alkanes of at least 4 members (excludes halogenated alkanes) is 1. The van der Waals surface area contributed by atoms with Gasteiger partial charge in [-0.25, -0.2) is 0 Å². The first-order chi connectivity index (χ1) is 4.81. The van der Waals surface area contributed by atoms with Gasteiger partial charge in [-0.15, -0.1) is 0 Å². The zero-order chi connectivity index (χ0) is 7.82. The molecule has 0 aromatic heterocycles. The van der Waals surface area contributed by atoms with E-state index in [2.05, 4.69) is 19.9 Å². The van der Waals surface area contributed by atoms with E-state index >= 15 is 0 Å². The first kappa shape index (κ1) is 9.70. The summed E-state index contributed by atoms with van der Waals surface area (Å²) >= 11 is 0. The van der Waals surface area contributed by atoms with Crippen molar-refractivity contribution in [3.05, 3.63) is 12.2 Å². The van der Waals surface area contributed by atoms with Gasteiger partial charge in [-0.3, -0.25) is 0 Å². The van der Waals surface area contributed by atoms with Crippen LogP contribution in [0.15, 0.2) is 12.2 Å². The minimum Gasteiger partial charge on any atom is -0.392 e. The Morgan fingerprint density at radius 3 is 2.70 bits per heavy atom. The van der Waals surface area contributed by atoms with Crippen LogP contribution in [0.5, 0.6) is 0 Å². The Kier molecular flexibility index (Phi) is 6.61. The monoisotopic (exact) mass is 142 g/mol. The van der Waals surface area contributed by atoms with Gasteiger partial charge in [-0.05, 0) is 12.3 Å². The maximum absolute atomic E-state index is 8.45. The molecule has 0 radical (unpaired) electrons. The first-order valence-electron chi connectivity index (χ1n) is 4.08. The summed E-state index contributed by atoms with van der Waals surface area (Å²) in [5.41, 5.74) is 0. The summed E-state index contributed by atoms with van der Waals surface area (Å²) in [5, 5.41) is 8.45. The van der Waals surface area contributed by atoms with Gasteiger partial charge in [0, 0.05) is 0 Å². The number of hydrogen-bond donors (Lipinski definition) is 1. The summed E-state index contributed by atoms with van der Waals surface area (Å²) in [6.07, 6.45) is 7.69. The second-order valence-corrected chi connectivity index (χ2v) is 2.73. The van der Waals surface area contributed by atoms with Crippen LogP contribution in [-0.2, 0) is 0 Å². The maximum Gasteiger partial charge on any atom is 0.0612 e. The summed E-state index contributed by atoms with van der Waals surface area (Å²) in [6, 6.07) is 0. The number of allylic oxidation sites excluding steroid dienone is 1. The lowest BCUT2D eigenvalue weighted by molar-refractivity contribution is 0.341. The fourth-order valence-corrected chi connectivity index (χ4v) is 0.915. The molecular weight excluding hydrogens is 124 g/mol. The molecule has 0 aliphatic heterocycles. The molecule has 0 unspecified atom stereocenters. The van der Waals surface area contributed by atoms with E-state index < -0.39 is 0 Å². The molecule has 0 saturated heterocycles. The normalized spacial score (nSPS) is 14.3. The van der Waals surface area contributed by atoms with E-state index in [-0.39, 0.29) is 6.61 Å². The lowest BCUT2D eigenvalue weighted by Crippen LogP contribution is -1.89. The molecule has 0 aromatic rings. The maximum atomic E-state index is 8.45. The smallest absolute Gasteiger partial charge is 0.0612 e. The van der Waals surface area contributed by atoms with Gasteiger partial charge >= 0.3 is 0 Å². The number of hydrogen-bond acceptors (Lipinski definition) is 1. The van der Waals surface area contributed by atoms with Crippen LogP contribution in [0.4, 0.5) is 0 Å². The third kappa shape index (κ3) is 5.83. The molecule has 0 aliphatic rings. The summed E-state index contributed by atoms with van der Waals surface area (Å²) in [5.74, 6) is 0.632. The molecule has 1 heteroatoms. The van der Waals surface area contributed by atoms with Crippen molar-refractivity contribution in [1.29, 1.82) is 0 Å². The van der Waals surface area contributed by atoms with Crippen LogP contribution in [0.3, 0.4) is 0 Å². The van der Waals surface area contributed by atoms with Crippen LogP contribution in [-0.4, -0.2) is 11.7 Å². The van der Waals surface area contributed by atoms with Crippen molar-refractivity contribution in [3.63, 3.8) is 0 Å². The van der Waals surface area contributed by atoms with Crippen LogP contribution in [0, 0.1) is 5.92 Å². The van der Waals surface area contributed by atoms with E-state index in [4.69, 9.17) is 5.11 Å². The van der Waals surface area contributed by atoms with E-state index in [9.17, 15) is 0 Å². The predicted molar refractivity (Wildman–Crippen MR) is 44.9 cm³/mol. The van der Waals surface area contributed by atoms with Gasteiger partial charge in [-0.2, -0.15) is 0 Å². The highest BCUT2D eigenvalue weighted by molar-refractivity contribution is 4.85. The highest BCUT2D eigenvalue weighted by atomic mass is 16.2. The third-order valence-electron chi connectivity index (χ3n) is 1.58. The molecule has 0 spiro atoms. The molecule has 0 rings (SSSR count). The van der Waals surface area contributed by atoms with E-state index in [1.54, 1.807) is 0 Å². The van der Waals surface area contributed by atoms with Crippen LogP contribution in [0.25, 0.3) is 0 Å². The Labute approximate surface area is 63.8 Å². The van der Waals surface area contributed by atoms with Crippen molar-refractivity contribution in [1.82, 2.24) is 0 Å². The van der Waals surface area contributed by atoms with Crippen molar-refractivity contribution >= 4 is 0 Å². The second kappa shape index (κ2) is 6.81. The highest BCUT2D eigenvalue weighted by Gasteiger charge is 1.93. The fraction of sp³-hybridized carbons (Fsp3) is 0.778. The average molecular weight is 142 g/mol. The molecule has 0 amide bonds. The second-order valence-electron chi connectivity index (χ2n) is 2.73. The molecular formula is C9H18O. The van der Waals surface area contributed by atoms with Gasteiger partial charge in [0.1, 0.15) is 0 Å². The van der Waals surface area contributed by atoms with Crippen molar-refractivity contribution in [2.45, 2.75) is 33.1 Å². The minimum absolute atomic E-state index is 0.177. The zero-order valence-electron chi connectivity index (χ0n) is 7.01. The summed E-state index contributed by atoms with van der Waals surface area (Å²) in [7, 11) is 0. The van der Waals surface area contributed by atoms with Crippen LogP contribution in [0.1, 0.15) is 33.1 Å². The Hall–Kier alpha value is -0.300. The van der Waals surface area contributed by atoms with Gasteiger partial charge in [0.2, 0.25) is 0 Å². The molecule has 1 nitrogen and oxygen atoms in total. The topological polar surface area (TPSA) is 20.2 Å². The Balaban J connectivity index is 3.24. The highest BCUT2D eigenvalue weighted by Crippen LogP contribution is 2.07.